The Labute approximate surface area is 191 Å². The van der Waals surface area contributed by atoms with E-state index in [9.17, 15) is 9.59 Å². The van der Waals surface area contributed by atoms with Crippen LogP contribution in [-0.4, -0.2) is 21.9 Å². The van der Waals surface area contributed by atoms with Gasteiger partial charge in [-0.25, -0.2) is 4.68 Å². The number of hydrogen-bond acceptors (Lipinski definition) is 4. The van der Waals surface area contributed by atoms with Crippen molar-refractivity contribution in [2.75, 3.05) is 11.9 Å². The highest BCUT2D eigenvalue weighted by Gasteiger charge is 2.18. The Bertz CT molecular complexity index is 1280. The van der Waals surface area contributed by atoms with Gasteiger partial charge in [-0.05, 0) is 48.9 Å². The molecule has 0 bridgehead atoms. The fourth-order valence-corrected chi connectivity index (χ4v) is 3.41. The summed E-state index contributed by atoms with van der Waals surface area (Å²) in [7, 11) is 1.78. The molecule has 0 spiro atoms. The maximum Gasteiger partial charge on any atom is 0.295 e. The number of benzene rings is 3. The molecule has 1 aromatic heterocycles. The first-order chi connectivity index (χ1) is 16.0. The third kappa shape index (κ3) is 5.15. The molecule has 0 fully saturated rings. The highest BCUT2D eigenvalue weighted by Crippen LogP contribution is 2.19. The molecule has 0 radical (unpaired) electrons. The zero-order valence-corrected chi connectivity index (χ0v) is 18.5. The second-order valence-electron chi connectivity index (χ2n) is 7.52. The summed E-state index contributed by atoms with van der Waals surface area (Å²) >= 11 is 0. The molecule has 7 heteroatoms. The second kappa shape index (κ2) is 9.91. The molecule has 1 N–H and O–H groups in total. The molecule has 0 aliphatic heterocycles. The van der Waals surface area contributed by atoms with E-state index in [1.165, 1.54) is 4.68 Å². The van der Waals surface area contributed by atoms with E-state index >= 15 is 0 Å². The van der Waals surface area contributed by atoms with E-state index in [1.807, 2.05) is 60.7 Å². The van der Waals surface area contributed by atoms with E-state index in [1.54, 1.807) is 42.9 Å². The van der Waals surface area contributed by atoms with Gasteiger partial charge >= 0.3 is 0 Å². The van der Waals surface area contributed by atoms with Gasteiger partial charge in [0.05, 0.1) is 11.4 Å². The molecular formula is C26H25N3O4. The predicted molar refractivity (Wildman–Crippen MR) is 127 cm³/mol. The van der Waals surface area contributed by atoms with Crippen molar-refractivity contribution in [2.24, 2.45) is 7.05 Å². The van der Waals surface area contributed by atoms with Crippen LogP contribution in [0.15, 0.2) is 89.7 Å². The van der Waals surface area contributed by atoms with E-state index in [0.29, 0.717) is 23.8 Å². The number of carbonyl (C=O) groups is 1. The van der Waals surface area contributed by atoms with E-state index in [-0.39, 0.29) is 17.9 Å². The number of nitrogens with zero attached hydrogens (tertiary/aromatic N) is 2. The van der Waals surface area contributed by atoms with Crippen molar-refractivity contribution in [3.8, 4) is 17.2 Å². The number of amides is 1. The number of rotatable bonds is 8. The van der Waals surface area contributed by atoms with Gasteiger partial charge in [0.25, 0.3) is 11.5 Å². The largest absolute Gasteiger partial charge is 0.489 e. The van der Waals surface area contributed by atoms with E-state index in [2.05, 4.69) is 5.32 Å². The summed E-state index contributed by atoms with van der Waals surface area (Å²) in [6.45, 7) is 2.04. The molecule has 0 saturated carbocycles. The average molecular weight is 444 g/mol. The van der Waals surface area contributed by atoms with Gasteiger partial charge in [0.15, 0.2) is 6.61 Å². The van der Waals surface area contributed by atoms with Crippen LogP contribution >= 0.6 is 0 Å². The highest BCUT2D eigenvalue weighted by atomic mass is 16.5. The Morgan fingerprint density at radius 2 is 1.42 bits per heavy atom. The van der Waals surface area contributed by atoms with Crippen molar-refractivity contribution in [1.82, 2.24) is 9.36 Å². The van der Waals surface area contributed by atoms with Crippen LogP contribution in [0.5, 0.6) is 11.5 Å². The lowest BCUT2D eigenvalue weighted by Crippen LogP contribution is -2.25. The Morgan fingerprint density at radius 1 is 0.848 bits per heavy atom. The first-order valence-electron chi connectivity index (χ1n) is 10.6. The van der Waals surface area contributed by atoms with Gasteiger partial charge in [0.2, 0.25) is 0 Å². The number of carbonyl (C=O) groups excluding carboxylic acids is 1. The molecule has 0 aliphatic rings. The first kappa shape index (κ1) is 22.0. The molecule has 0 unspecified atom stereocenters. The topological polar surface area (TPSA) is 74.5 Å². The van der Waals surface area contributed by atoms with Crippen LogP contribution in [0, 0.1) is 6.92 Å². The second-order valence-corrected chi connectivity index (χ2v) is 7.52. The van der Waals surface area contributed by atoms with Gasteiger partial charge in [-0.1, -0.05) is 48.5 Å². The number of anilines is 1. The predicted octanol–water partition coefficient (Wildman–Crippen LogP) is 4.08. The number of aromatic nitrogens is 2. The molecule has 4 rings (SSSR count). The summed E-state index contributed by atoms with van der Waals surface area (Å²) in [5.74, 6) is 0.825. The maximum absolute atomic E-state index is 12.9. The number of para-hydroxylation sites is 1. The summed E-state index contributed by atoms with van der Waals surface area (Å²) in [6.07, 6.45) is 0. The Kier molecular flexibility index (Phi) is 6.59. The molecule has 0 aliphatic carbocycles. The lowest BCUT2D eigenvalue weighted by Gasteiger charge is -2.09. The Morgan fingerprint density at radius 3 is 2.06 bits per heavy atom. The molecule has 1 heterocycles. The van der Waals surface area contributed by atoms with E-state index in [4.69, 9.17) is 9.47 Å². The lowest BCUT2D eigenvalue weighted by molar-refractivity contribution is -0.118. The van der Waals surface area contributed by atoms with Crippen molar-refractivity contribution in [1.29, 1.82) is 0 Å². The van der Waals surface area contributed by atoms with Crippen molar-refractivity contribution < 1.29 is 14.3 Å². The molecule has 168 valence electrons. The minimum atomic E-state index is -0.412. The number of hydrogen-bond donors (Lipinski definition) is 1. The number of nitrogens with one attached hydrogen (secondary N) is 1. The van der Waals surface area contributed by atoms with Gasteiger partial charge in [-0.2, -0.15) is 0 Å². The highest BCUT2D eigenvalue weighted by molar-refractivity contribution is 5.92. The van der Waals surface area contributed by atoms with Crippen molar-refractivity contribution in [3.63, 3.8) is 0 Å². The minimum absolute atomic E-state index is 0.219. The third-order valence-electron chi connectivity index (χ3n) is 5.26. The number of ether oxygens (including phenoxy) is 2. The standard InChI is InChI=1S/C26H25N3O4/c1-19-25(26(31)29(28(19)2)21-11-7-4-8-12-21)27-24(30)18-33-23-15-13-22(14-16-23)32-17-20-9-5-3-6-10-20/h3-16H,17-18H2,1-2H3,(H,27,30). The molecule has 33 heavy (non-hydrogen) atoms. The van der Waals surface area contributed by atoms with Crippen LogP contribution in [0.1, 0.15) is 11.3 Å². The lowest BCUT2D eigenvalue weighted by atomic mass is 10.2. The fourth-order valence-electron chi connectivity index (χ4n) is 3.41. The molecule has 4 aromatic rings. The summed E-state index contributed by atoms with van der Waals surface area (Å²) < 4.78 is 14.6. The molecule has 7 nitrogen and oxygen atoms in total. The van der Waals surface area contributed by atoms with Gasteiger partial charge in [-0.15, -0.1) is 0 Å². The van der Waals surface area contributed by atoms with Crippen LogP contribution in [0.25, 0.3) is 5.69 Å². The Balaban J connectivity index is 1.35. The third-order valence-corrected chi connectivity index (χ3v) is 5.26. The average Bonchev–Trinajstić information content (AvgIpc) is 3.06. The van der Waals surface area contributed by atoms with Crippen LogP contribution in [0.2, 0.25) is 0 Å². The fraction of sp³-hybridized carbons (Fsp3) is 0.154. The van der Waals surface area contributed by atoms with Gasteiger partial charge in [0.1, 0.15) is 23.8 Å². The zero-order chi connectivity index (χ0) is 23.2. The van der Waals surface area contributed by atoms with Gasteiger partial charge in [-0.3, -0.25) is 14.3 Å². The van der Waals surface area contributed by atoms with Crippen molar-refractivity contribution in [2.45, 2.75) is 13.5 Å². The van der Waals surface area contributed by atoms with Crippen LogP contribution in [-0.2, 0) is 18.4 Å². The van der Waals surface area contributed by atoms with Crippen LogP contribution < -0.4 is 20.3 Å². The molecule has 0 atom stereocenters. The quantitative estimate of drug-likeness (QED) is 0.445. The summed E-state index contributed by atoms with van der Waals surface area (Å²) in [4.78, 5) is 25.4. The van der Waals surface area contributed by atoms with Gasteiger partial charge in [0, 0.05) is 7.05 Å². The van der Waals surface area contributed by atoms with Gasteiger partial charge < -0.3 is 14.8 Å². The summed E-state index contributed by atoms with van der Waals surface area (Å²) in [6, 6.07) is 26.2. The van der Waals surface area contributed by atoms with Crippen molar-refractivity contribution >= 4 is 11.6 Å². The molecule has 3 aromatic carbocycles. The maximum atomic E-state index is 12.9. The normalized spacial score (nSPS) is 10.6. The zero-order valence-electron chi connectivity index (χ0n) is 18.5. The van der Waals surface area contributed by atoms with E-state index < -0.39 is 5.91 Å². The first-order valence-corrected chi connectivity index (χ1v) is 10.6. The smallest absolute Gasteiger partial charge is 0.295 e. The molecular weight excluding hydrogens is 418 g/mol. The monoisotopic (exact) mass is 443 g/mol. The van der Waals surface area contributed by atoms with Crippen LogP contribution in [0.3, 0.4) is 0 Å². The molecule has 1 amide bonds. The molecule has 0 saturated heterocycles. The van der Waals surface area contributed by atoms with Crippen LogP contribution in [0.4, 0.5) is 5.69 Å². The summed E-state index contributed by atoms with van der Waals surface area (Å²) in [5.41, 5.74) is 2.39. The van der Waals surface area contributed by atoms with Crippen molar-refractivity contribution in [3.05, 3.63) is 107 Å². The minimum Gasteiger partial charge on any atom is -0.489 e. The summed E-state index contributed by atoms with van der Waals surface area (Å²) in [5, 5.41) is 2.69. The van der Waals surface area contributed by atoms with E-state index in [0.717, 1.165) is 11.3 Å². The Hall–Kier alpha value is -4.26. The SMILES string of the molecule is Cc1c(NC(=O)COc2ccc(OCc3ccccc3)cc2)c(=O)n(-c2ccccc2)n1C.